The molecule has 0 aliphatic rings. The van der Waals surface area contributed by atoms with Crippen molar-refractivity contribution in [2.75, 3.05) is 6.54 Å². The minimum absolute atomic E-state index is 0.0638. The highest BCUT2D eigenvalue weighted by molar-refractivity contribution is 7.91. The van der Waals surface area contributed by atoms with E-state index >= 15 is 0 Å². The SMILES string of the molecule is O=S(=O)(NCC(O)c1cccc(F)c1)c1ccc(Cl)s1. The fraction of sp³-hybridized carbons (Fsp3) is 0.167. The molecule has 1 atom stereocenters. The second-order valence-electron chi connectivity index (χ2n) is 3.98. The maximum absolute atomic E-state index is 13.0. The summed E-state index contributed by atoms with van der Waals surface area (Å²) in [5, 5.41) is 9.84. The molecule has 4 nitrogen and oxygen atoms in total. The zero-order valence-electron chi connectivity index (χ0n) is 10.1. The third kappa shape index (κ3) is 3.77. The van der Waals surface area contributed by atoms with Gasteiger partial charge in [-0.1, -0.05) is 23.7 Å². The second-order valence-corrected chi connectivity index (χ2v) is 7.69. The minimum Gasteiger partial charge on any atom is -0.387 e. The first-order valence-electron chi connectivity index (χ1n) is 5.57. The van der Waals surface area contributed by atoms with Crippen molar-refractivity contribution in [2.24, 2.45) is 0 Å². The van der Waals surface area contributed by atoms with Crippen LogP contribution in [-0.4, -0.2) is 20.1 Å². The van der Waals surface area contributed by atoms with E-state index in [0.717, 1.165) is 17.4 Å². The summed E-state index contributed by atoms with van der Waals surface area (Å²) < 4.78 is 39.5. The van der Waals surface area contributed by atoms with Crippen LogP contribution in [0.25, 0.3) is 0 Å². The third-order valence-electron chi connectivity index (χ3n) is 2.51. The maximum Gasteiger partial charge on any atom is 0.250 e. The van der Waals surface area contributed by atoms with Crippen LogP contribution in [0.5, 0.6) is 0 Å². The topological polar surface area (TPSA) is 66.4 Å². The minimum atomic E-state index is -3.72. The molecule has 0 aliphatic heterocycles. The standard InChI is InChI=1S/C12H11ClFNO3S2/c13-11-4-5-12(19-11)20(17,18)15-7-10(16)8-2-1-3-9(14)6-8/h1-6,10,15-16H,7H2. The van der Waals surface area contributed by atoms with Crippen molar-refractivity contribution in [2.45, 2.75) is 10.3 Å². The number of thiophene rings is 1. The van der Waals surface area contributed by atoms with Crippen LogP contribution in [-0.2, 0) is 10.0 Å². The average Bonchev–Trinajstić information content (AvgIpc) is 2.83. The van der Waals surface area contributed by atoms with Gasteiger partial charge in [-0.25, -0.2) is 17.5 Å². The van der Waals surface area contributed by atoms with E-state index in [-0.39, 0.29) is 10.8 Å². The highest BCUT2D eigenvalue weighted by atomic mass is 35.5. The van der Waals surface area contributed by atoms with Crippen LogP contribution in [0.15, 0.2) is 40.6 Å². The van der Waals surface area contributed by atoms with Gasteiger partial charge in [0, 0.05) is 6.54 Å². The number of rotatable bonds is 5. The van der Waals surface area contributed by atoms with Crippen LogP contribution < -0.4 is 4.72 Å². The summed E-state index contributed by atoms with van der Waals surface area (Å²) in [6.07, 6.45) is -1.13. The van der Waals surface area contributed by atoms with Gasteiger partial charge in [-0.3, -0.25) is 0 Å². The first-order chi connectivity index (χ1) is 9.38. The second kappa shape index (κ2) is 6.19. The van der Waals surface area contributed by atoms with Gasteiger partial charge in [0.2, 0.25) is 10.0 Å². The molecule has 0 spiro atoms. The van der Waals surface area contributed by atoms with Crippen molar-refractivity contribution < 1.29 is 17.9 Å². The Hall–Kier alpha value is -0.990. The molecule has 1 aromatic carbocycles. The number of aliphatic hydroxyl groups is 1. The number of aliphatic hydroxyl groups excluding tert-OH is 1. The van der Waals surface area contributed by atoms with Gasteiger partial charge >= 0.3 is 0 Å². The number of hydrogen-bond acceptors (Lipinski definition) is 4. The van der Waals surface area contributed by atoms with Gasteiger partial charge in [0.1, 0.15) is 10.0 Å². The summed E-state index contributed by atoms with van der Waals surface area (Å²) in [5.41, 5.74) is 0.303. The van der Waals surface area contributed by atoms with Crippen LogP contribution in [0.4, 0.5) is 4.39 Å². The summed E-state index contributed by atoms with van der Waals surface area (Å²) >= 11 is 6.60. The molecule has 0 amide bonds. The Morgan fingerprint density at radius 1 is 1.35 bits per heavy atom. The van der Waals surface area contributed by atoms with Gasteiger partial charge in [0.05, 0.1) is 10.4 Å². The highest BCUT2D eigenvalue weighted by Crippen LogP contribution is 2.25. The fourth-order valence-corrected chi connectivity index (χ4v) is 4.10. The van der Waals surface area contributed by atoms with E-state index in [1.807, 2.05) is 0 Å². The number of halogens is 2. The Kier molecular flexibility index (Phi) is 4.77. The number of benzene rings is 1. The first kappa shape index (κ1) is 15.4. The first-order valence-corrected chi connectivity index (χ1v) is 8.25. The van der Waals surface area contributed by atoms with Crippen LogP contribution in [0.1, 0.15) is 11.7 Å². The summed E-state index contributed by atoms with van der Waals surface area (Å²) in [5.74, 6) is -0.491. The van der Waals surface area contributed by atoms with Gasteiger partial charge in [0.15, 0.2) is 0 Å². The van der Waals surface area contributed by atoms with E-state index in [1.54, 1.807) is 0 Å². The Labute approximate surface area is 124 Å². The summed E-state index contributed by atoms with van der Waals surface area (Å²) in [7, 11) is -3.72. The van der Waals surface area contributed by atoms with Crippen LogP contribution in [0.3, 0.4) is 0 Å². The number of nitrogens with one attached hydrogen (secondary N) is 1. The van der Waals surface area contributed by atoms with Crippen molar-refractivity contribution in [3.05, 3.63) is 52.1 Å². The van der Waals surface area contributed by atoms with E-state index in [9.17, 15) is 17.9 Å². The molecule has 0 saturated heterocycles. The molecule has 1 unspecified atom stereocenters. The Bertz CT molecular complexity index is 702. The molecule has 0 bridgehead atoms. The van der Waals surface area contributed by atoms with Crippen molar-refractivity contribution in [1.82, 2.24) is 4.72 Å². The van der Waals surface area contributed by atoms with Crippen LogP contribution in [0.2, 0.25) is 4.34 Å². The Morgan fingerprint density at radius 3 is 2.70 bits per heavy atom. The van der Waals surface area contributed by atoms with Crippen molar-refractivity contribution >= 4 is 33.0 Å². The average molecular weight is 336 g/mol. The molecule has 1 heterocycles. The molecule has 8 heteroatoms. The fourth-order valence-electron chi connectivity index (χ4n) is 1.53. The van der Waals surface area contributed by atoms with Gasteiger partial charge in [-0.15, -0.1) is 11.3 Å². The molecule has 20 heavy (non-hydrogen) atoms. The lowest BCUT2D eigenvalue weighted by molar-refractivity contribution is 0.181. The Balaban J connectivity index is 2.05. The molecule has 108 valence electrons. The molecule has 2 N–H and O–H groups in total. The third-order valence-corrected chi connectivity index (χ3v) is 5.66. The number of hydrogen-bond donors (Lipinski definition) is 2. The zero-order valence-corrected chi connectivity index (χ0v) is 12.5. The molecular weight excluding hydrogens is 325 g/mol. The zero-order chi connectivity index (χ0) is 14.8. The maximum atomic E-state index is 13.0. The normalized spacial score (nSPS) is 13.3. The molecule has 2 aromatic rings. The lowest BCUT2D eigenvalue weighted by Crippen LogP contribution is -2.28. The molecule has 1 aromatic heterocycles. The molecular formula is C12H11ClFNO3S2. The summed E-state index contributed by atoms with van der Waals surface area (Å²) in [6, 6.07) is 8.22. The predicted molar refractivity (Wildman–Crippen MR) is 75.9 cm³/mol. The monoisotopic (exact) mass is 335 g/mol. The van der Waals surface area contributed by atoms with Gasteiger partial charge in [0.25, 0.3) is 0 Å². The van der Waals surface area contributed by atoms with Crippen molar-refractivity contribution in [3.8, 4) is 0 Å². The summed E-state index contributed by atoms with van der Waals surface area (Å²) in [6.45, 7) is -0.249. The number of sulfonamides is 1. The smallest absolute Gasteiger partial charge is 0.250 e. The highest BCUT2D eigenvalue weighted by Gasteiger charge is 2.18. The van der Waals surface area contributed by atoms with Crippen molar-refractivity contribution in [3.63, 3.8) is 0 Å². The molecule has 2 rings (SSSR count). The lowest BCUT2D eigenvalue weighted by Gasteiger charge is -2.12. The molecule has 0 fully saturated rings. The Morgan fingerprint density at radius 2 is 2.10 bits per heavy atom. The molecule has 0 saturated carbocycles. The van der Waals surface area contributed by atoms with E-state index in [0.29, 0.717) is 9.90 Å². The van der Waals surface area contributed by atoms with Gasteiger partial charge in [-0.2, -0.15) is 0 Å². The van der Waals surface area contributed by atoms with Crippen LogP contribution >= 0.6 is 22.9 Å². The largest absolute Gasteiger partial charge is 0.387 e. The predicted octanol–water partition coefficient (Wildman–Crippen LogP) is 2.55. The van der Waals surface area contributed by atoms with Crippen molar-refractivity contribution in [1.29, 1.82) is 0 Å². The molecule has 0 radical (unpaired) electrons. The van der Waals surface area contributed by atoms with E-state index < -0.39 is 21.9 Å². The van der Waals surface area contributed by atoms with E-state index in [4.69, 9.17) is 11.6 Å². The van der Waals surface area contributed by atoms with Gasteiger partial charge < -0.3 is 5.11 Å². The lowest BCUT2D eigenvalue weighted by atomic mass is 10.1. The van der Waals surface area contributed by atoms with Crippen LogP contribution in [0, 0.1) is 5.82 Å². The van der Waals surface area contributed by atoms with E-state index in [1.165, 1.54) is 30.3 Å². The molecule has 0 aliphatic carbocycles. The van der Waals surface area contributed by atoms with E-state index in [2.05, 4.69) is 4.72 Å². The quantitative estimate of drug-likeness (QED) is 0.882. The summed E-state index contributed by atoms with van der Waals surface area (Å²) in [4.78, 5) is 0. The van der Waals surface area contributed by atoms with Gasteiger partial charge in [-0.05, 0) is 29.8 Å².